The summed E-state index contributed by atoms with van der Waals surface area (Å²) in [6.45, 7) is 0.663. The molecule has 0 spiro atoms. The number of rotatable bonds is 9. The standard InChI is InChI=1S/C34H33FN2O2/c1-37(2)21-20-34(38,31-15-9-13-25-10-7-8-14-29(25)31)32(26-11-5-4-6-12-26)30-22-27(23-36-33(30)39-3)24-16-18-28(35)19-17-24/h4-19,22-23,32,38H,20-21H2,1-3H3. The van der Waals surface area contributed by atoms with E-state index in [0.717, 1.165) is 38.6 Å². The highest BCUT2D eigenvalue weighted by molar-refractivity contribution is 5.86. The fourth-order valence-corrected chi connectivity index (χ4v) is 5.44. The predicted octanol–water partition coefficient (Wildman–Crippen LogP) is 7.02. The van der Waals surface area contributed by atoms with Gasteiger partial charge in [0.25, 0.3) is 0 Å². The van der Waals surface area contributed by atoms with E-state index >= 15 is 0 Å². The molecule has 4 aromatic carbocycles. The molecular weight excluding hydrogens is 487 g/mol. The van der Waals surface area contributed by atoms with Gasteiger partial charge in [-0.05, 0) is 66.2 Å². The van der Waals surface area contributed by atoms with Gasteiger partial charge >= 0.3 is 0 Å². The molecule has 5 heteroatoms. The highest BCUT2D eigenvalue weighted by Crippen LogP contribution is 2.49. The first kappa shape index (κ1) is 26.5. The van der Waals surface area contributed by atoms with Crippen LogP contribution in [0.4, 0.5) is 4.39 Å². The summed E-state index contributed by atoms with van der Waals surface area (Å²) in [4.78, 5) is 6.76. The number of fused-ring (bicyclic) bond motifs is 1. The van der Waals surface area contributed by atoms with E-state index in [0.29, 0.717) is 18.8 Å². The first-order valence-electron chi connectivity index (χ1n) is 13.1. The van der Waals surface area contributed by atoms with Crippen molar-refractivity contribution in [1.29, 1.82) is 0 Å². The lowest BCUT2D eigenvalue weighted by molar-refractivity contribution is 0.00517. The van der Waals surface area contributed by atoms with Gasteiger partial charge in [-0.3, -0.25) is 0 Å². The lowest BCUT2D eigenvalue weighted by Crippen LogP contribution is -2.38. The van der Waals surface area contributed by atoms with Crippen LogP contribution in [0, 0.1) is 5.82 Å². The molecule has 0 aliphatic carbocycles. The summed E-state index contributed by atoms with van der Waals surface area (Å²) in [6, 6.07) is 32.7. The van der Waals surface area contributed by atoms with Crippen molar-refractivity contribution in [1.82, 2.24) is 9.88 Å². The highest BCUT2D eigenvalue weighted by atomic mass is 19.1. The van der Waals surface area contributed by atoms with Crippen LogP contribution in [0.3, 0.4) is 0 Å². The molecule has 0 aliphatic heterocycles. The van der Waals surface area contributed by atoms with Crippen molar-refractivity contribution in [3.8, 4) is 17.0 Å². The fraction of sp³-hybridized carbons (Fsp3) is 0.206. The van der Waals surface area contributed by atoms with Crippen molar-refractivity contribution in [2.24, 2.45) is 0 Å². The summed E-state index contributed by atoms with van der Waals surface area (Å²) >= 11 is 0. The summed E-state index contributed by atoms with van der Waals surface area (Å²) in [6.07, 6.45) is 2.20. The monoisotopic (exact) mass is 520 g/mol. The third kappa shape index (κ3) is 5.42. The lowest BCUT2D eigenvalue weighted by atomic mass is 9.70. The van der Waals surface area contributed by atoms with Gasteiger partial charge in [0.2, 0.25) is 5.88 Å². The number of nitrogens with zero attached hydrogens (tertiary/aromatic N) is 2. The van der Waals surface area contributed by atoms with Crippen LogP contribution in [0.2, 0.25) is 0 Å². The molecule has 2 atom stereocenters. The zero-order valence-electron chi connectivity index (χ0n) is 22.5. The number of aliphatic hydroxyl groups is 1. The average Bonchev–Trinajstić information content (AvgIpc) is 2.97. The van der Waals surface area contributed by atoms with Crippen LogP contribution in [0.1, 0.15) is 29.0 Å². The molecule has 4 nitrogen and oxygen atoms in total. The van der Waals surface area contributed by atoms with Gasteiger partial charge in [0.1, 0.15) is 11.4 Å². The third-order valence-electron chi connectivity index (χ3n) is 7.37. The van der Waals surface area contributed by atoms with Gasteiger partial charge in [0, 0.05) is 29.8 Å². The van der Waals surface area contributed by atoms with E-state index in [1.807, 2.05) is 74.8 Å². The number of ether oxygens (including phenoxy) is 1. The lowest BCUT2D eigenvalue weighted by Gasteiger charge is -2.39. The summed E-state index contributed by atoms with van der Waals surface area (Å²) in [5, 5.41) is 15.1. The number of methoxy groups -OCH3 is 1. The maximum Gasteiger partial charge on any atom is 0.217 e. The normalized spacial score (nSPS) is 13.8. The van der Waals surface area contributed by atoms with Crippen molar-refractivity contribution in [2.45, 2.75) is 17.9 Å². The summed E-state index contributed by atoms with van der Waals surface area (Å²) in [5.41, 5.74) is 2.90. The maximum atomic E-state index is 13.7. The molecule has 198 valence electrons. The number of halogens is 1. The van der Waals surface area contributed by atoms with Gasteiger partial charge < -0.3 is 14.7 Å². The Morgan fingerprint density at radius 3 is 2.28 bits per heavy atom. The maximum absolute atomic E-state index is 13.7. The molecule has 39 heavy (non-hydrogen) atoms. The molecule has 5 aromatic rings. The Bertz CT molecular complexity index is 1550. The van der Waals surface area contributed by atoms with E-state index in [9.17, 15) is 9.50 Å². The van der Waals surface area contributed by atoms with E-state index in [1.165, 1.54) is 12.1 Å². The highest BCUT2D eigenvalue weighted by Gasteiger charge is 2.43. The zero-order valence-corrected chi connectivity index (χ0v) is 22.5. The molecular formula is C34H33FN2O2. The Balaban J connectivity index is 1.80. The van der Waals surface area contributed by atoms with Crippen LogP contribution in [0.25, 0.3) is 21.9 Å². The SMILES string of the molecule is COc1ncc(-c2ccc(F)cc2)cc1C(c1ccccc1)C(O)(CCN(C)C)c1cccc2ccccc12. The second-order valence-electron chi connectivity index (χ2n) is 10.2. The minimum absolute atomic E-state index is 0.295. The first-order valence-corrected chi connectivity index (χ1v) is 13.1. The molecule has 1 aromatic heterocycles. The summed E-state index contributed by atoms with van der Waals surface area (Å²) in [7, 11) is 5.62. The molecule has 1 N–H and O–H groups in total. The van der Waals surface area contributed by atoms with Crippen LogP contribution in [0.15, 0.2) is 109 Å². The topological polar surface area (TPSA) is 45.6 Å². The van der Waals surface area contributed by atoms with Crippen LogP contribution in [-0.4, -0.2) is 42.7 Å². The van der Waals surface area contributed by atoms with Crippen LogP contribution in [-0.2, 0) is 5.60 Å². The van der Waals surface area contributed by atoms with Gasteiger partial charge in [-0.25, -0.2) is 9.37 Å². The molecule has 0 saturated heterocycles. The number of hydrogen-bond acceptors (Lipinski definition) is 4. The smallest absolute Gasteiger partial charge is 0.217 e. The molecule has 0 bridgehead atoms. The van der Waals surface area contributed by atoms with Crippen LogP contribution < -0.4 is 4.74 Å². The molecule has 0 aliphatic rings. The van der Waals surface area contributed by atoms with E-state index in [-0.39, 0.29) is 5.82 Å². The first-order chi connectivity index (χ1) is 18.9. The Kier molecular flexibility index (Phi) is 7.73. The predicted molar refractivity (Wildman–Crippen MR) is 155 cm³/mol. The van der Waals surface area contributed by atoms with E-state index < -0.39 is 11.5 Å². The number of hydrogen-bond donors (Lipinski definition) is 1. The van der Waals surface area contributed by atoms with Crippen molar-refractivity contribution < 1.29 is 14.2 Å². The molecule has 0 fully saturated rings. The van der Waals surface area contributed by atoms with Gasteiger partial charge in [0.05, 0.1) is 7.11 Å². The number of aromatic nitrogens is 1. The Hall–Kier alpha value is -4.06. The van der Waals surface area contributed by atoms with Crippen molar-refractivity contribution >= 4 is 10.8 Å². The second-order valence-corrected chi connectivity index (χ2v) is 10.2. The Labute approximate surface area is 229 Å². The minimum Gasteiger partial charge on any atom is -0.481 e. The van der Waals surface area contributed by atoms with Crippen molar-refractivity contribution in [3.63, 3.8) is 0 Å². The molecule has 0 amide bonds. The molecule has 0 saturated carbocycles. The Morgan fingerprint density at radius 1 is 0.872 bits per heavy atom. The number of benzene rings is 4. The van der Waals surface area contributed by atoms with Gasteiger partial charge in [0.15, 0.2) is 0 Å². The van der Waals surface area contributed by atoms with E-state index in [2.05, 4.69) is 28.1 Å². The second kappa shape index (κ2) is 11.4. The minimum atomic E-state index is -1.32. The Morgan fingerprint density at radius 2 is 1.56 bits per heavy atom. The quantitative estimate of drug-likeness (QED) is 0.227. The number of pyridine rings is 1. The average molecular weight is 521 g/mol. The molecule has 0 radical (unpaired) electrons. The van der Waals surface area contributed by atoms with Gasteiger partial charge in [-0.15, -0.1) is 0 Å². The fourth-order valence-electron chi connectivity index (χ4n) is 5.44. The largest absolute Gasteiger partial charge is 0.481 e. The van der Waals surface area contributed by atoms with Gasteiger partial charge in [-0.2, -0.15) is 0 Å². The van der Waals surface area contributed by atoms with E-state index in [4.69, 9.17) is 4.74 Å². The summed E-state index contributed by atoms with van der Waals surface area (Å²) < 4.78 is 19.5. The van der Waals surface area contributed by atoms with Crippen molar-refractivity contribution in [2.75, 3.05) is 27.7 Å². The summed E-state index contributed by atoms with van der Waals surface area (Å²) in [5.74, 6) is -0.359. The molecule has 1 heterocycles. The third-order valence-corrected chi connectivity index (χ3v) is 7.37. The van der Waals surface area contributed by atoms with Crippen LogP contribution in [0.5, 0.6) is 5.88 Å². The zero-order chi connectivity index (χ0) is 27.4. The van der Waals surface area contributed by atoms with Crippen molar-refractivity contribution in [3.05, 3.63) is 132 Å². The molecule has 5 rings (SSSR count). The molecule has 2 unspecified atom stereocenters. The van der Waals surface area contributed by atoms with Crippen LogP contribution >= 0.6 is 0 Å². The van der Waals surface area contributed by atoms with E-state index in [1.54, 1.807) is 25.4 Å². The van der Waals surface area contributed by atoms with Gasteiger partial charge in [-0.1, -0.05) is 84.9 Å².